The number of hydrogen-bond donors (Lipinski definition) is 0. The number of rotatable bonds is 7. The summed E-state index contributed by atoms with van der Waals surface area (Å²) in [5.41, 5.74) is 0.918. The second-order valence-electron chi connectivity index (χ2n) is 4.68. The van der Waals surface area contributed by atoms with Crippen LogP contribution in [0.2, 0.25) is 0 Å². The lowest BCUT2D eigenvalue weighted by molar-refractivity contribution is 0.224. The number of hydrogen-bond acceptors (Lipinski definition) is 6. The van der Waals surface area contributed by atoms with Crippen LogP contribution in [0.25, 0.3) is 0 Å². The Morgan fingerprint density at radius 2 is 1.13 bits per heavy atom. The molecule has 6 nitrogen and oxygen atoms in total. The Labute approximate surface area is 135 Å². The van der Waals surface area contributed by atoms with Crippen molar-refractivity contribution in [2.75, 3.05) is 13.2 Å². The van der Waals surface area contributed by atoms with Gasteiger partial charge in [0, 0.05) is 0 Å². The van der Waals surface area contributed by atoms with Gasteiger partial charge >= 0.3 is 0 Å². The van der Waals surface area contributed by atoms with Crippen LogP contribution in [0.5, 0.6) is 0 Å². The molecular formula is C15H16O6S2. The van der Waals surface area contributed by atoms with Crippen LogP contribution in [0, 0.1) is 6.92 Å². The molecular weight excluding hydrogens is 340 g/mol. The maximum atomic E-state index is 11.9. The first-order chi connectivity index (χ1) is 10.8. The Bertz CT molecular complexity index is 841. The normalized spacial score (nSPS) is 12.2. The third kappa shape index (κ3) is 4.87. The van der Waals surface area contributed by atoms with Crippen molar-refractivity contribution in [3.63, 3.8) is 0 Å². The Balaban J connectivity index is 1.91. The second kappa shape index (κ2) is 7.22. The fourth-order valence-electron chi connectivity index (χ4n) is 1.72. The summed E-state index contributed by atoms with van der Waals surface area (Å²) in [6.07, 6.45) is 0. The lowest BCUT2D eigenvalue weighted by Gasteiger charge is -2.07. The molecule has 0 aromatic heterocycles. The van der Waals surface area contributed by atoms with Crippen molar-refractivity contribution >= 4 is 20.2 Å². The van der Waals surface area contributed by atoms with Crippen LogP contribution in [-0.4, -0.2) is 30.0 Å². The van der Waals surface area contributed by atoms with Gasteiger partial charge < -0.3 is 0 Å². The molecule has 8 heteroatoms. The van der Waals surface area contributed by atoms with Gasteiger partial charge in [-0.3, -0.25) is 8.37 Å². The third-order valence-corrected chi connectivity index (χ3v) is 5.55. The predicted molar refractivity (Wildman–Crippen MR) is 83.9 cm³/mol. The first kappa shape index (κ1) is 17.6. The molecule has 0 radical (unpaired) electrons. The highest BCUT2D eigenvalue weighted by Crippen LogP contribution is 2.14. The summed E-state index contributed by atoms with van der Waals surface area (Å²) in [5, 5.41) is 0. The maximum Gasteiger partial charge on any atom is 0.297 e. The zero-order valence-electron chi connectivity index (χ0n) is 12.4. The maximum absolute atomic E-state index is 11.9. The van der Waals surface area contributed by atoms with Gasteiger partial charge in [-0.15, -0.1) is 0 Å². The zero-order valence-corrected chi connectivity index (χ0v) is 14.0. The van der Waals surface area contributed by atoms with Crippen molar-refractivity contribution < 1.29 is 25.2 Å². The van der Waals surface area contributed by atoms with E-state index in [2.05, 4.69) is 0 Å². The van der Waals surface area contributed by atoms with Crippen LogP contribution < -0.4 is 0 Å². The topological polar surface area (TPSA) is 86.7 Å². The van der Waals surface area contributed by atoms with E-state index in [4.69, 9.17) is 8.37 Å². The van der Waals surface area contributed by atoms with Gasteiger partial charge in [0.15, 0.2) is 0 Å². The highest BCUT2D eigenvalue weighted by molar-refractivity contribution is 7.87. The molecule has 2 aromatic rings. The molecule has 0 aliphatic carbocycles. The van der Waals surface area contributed by atoms with E-state index in [-0.39, 0.29) is 9.79 Å². The molecule has 0 N–H and O–H groups in total. The standard InChI is InChI=1S/C15H16O6S2/c1-13-7-9-15(10-8-13)23(18,19)21-12-11-20-22(16,17)14-5-3-2-4-6-14/h2-10H,11-12H2,1H3. The first-order valence-electron chi connectivity index (χ1n) is 6.72. The molecule has 23 heavy (non-hydrogen) atoms. The Morgan fingerprint density at radius 1 is 0.696 bits per heavy atom. The molecule has 0 aliphatic heterocycles. The quantitative estimate of drug-likeness (QED) is 0.558. The van der Waals surface area contributed by atoms with Gasteiger partial charge in [-0.1, -0.05) is 35.9 Å². The molecule has 0 saturated heterocycles. The summed E-state index contributed by atoms with van der Waals surface area (Å²) in [5.74, 6) is 0. The van der Waals surface area contributed by atoms with Gasteiger partial charge in [-0.25, -0.2) is 0 Å². The predicted octanol–water partition coefficient (Wildman–Crippen LogP) is 2.11. The van der Waals surface area contributed by atoms with Crippen molar-refractivity contribution in [3.8, 4) is 0 Å². The van der Waals surface area contributed by atoms with Crippen molar-refractivity contribution in [1.82, 2.24) is 0 Å². The minimum atomic E-state index is -3.93. The van der Waals surface area contributed by atoms with Gasteiger partial charge in [0.05, 0.1) is 23.0 Å². The van der Waals surface area contributed by atoms with E-state index < -0.39 is 33.5 Å². The molecule has 0 atom stereocenters. The molecule has 0 amide bonds. The van der Waals surface area contributed by atoms with Crippen LogP contribution in [-0.2, 0) is 28.6 Å². The second-order valence-corrected chi connectivity index (χ2v) is 7.91. The molecule has 0 heterocycles. The fourth-order valence-corrected chi connectivity index (χ4v) is 3.52. The van der Waals surface area contributed by atoms with Crippen molar-refractivity contribution in [3.05, 3.63) is 60.2 Å². The minimum absolute atomic E-state index is 0.00129. The van der Waals surface area contributed by atoms with E-state index in [0.717, 1.165) is 5.56 Å². The van der Waals surface area contributed by atoms with Crippen LogP contribution in [0.4, 0.5) is 0 Å². The van der Waals surface area contributed by atoms with E-state index in [1.54, 1.807) is 30.3 Å². The Kier molecular flexibility index (Phi) is 5.53. The molecule has 2 rings (SSSR count). The van der Waals surface area contributed by atoms with E-state index in [9.17, 15) is 16.8 Å². The molecule has 0 aliphatic rings. The molecule has 0 unspecified atom stereocenters. The van der Waals surface area contributed by atoms with Crippen LogP contribution >= 0.6 is 0 Å². The van der Waals surface area contributed by atoms with E-state index >= 15 is 0 Å². The molecule has 0 saturated carbocycles. The van der Waals surface area contributed by atoms with Gasteiger partial charge in [0.2, 0.25) is 0 Å². The monoisotopic (exact) mass is 356 g/mol. The molecule has 0 fully saturated rings. The van der Waals surface area contributed by atoms with Gasteiger partial charge in [-0.05, 0) is 31.2 Å². The lowest BCUT2D eigenvalue weighted by atomic mass is 10.2. The van der Waals surface area contributed by atoms with E-state index in [0.29, 0.717) is 0 Å². The van der Waals surface area contributed by atoms with Crippen molar-refractivity contribution in [1.29, 1.82) is 0 Å². The van der Waals surface area contributed by atoms with Gasteiger partial charge in [0.25, 0.3) is 20.2 Å². The zero-order chi connectivity index (χ0) is 16.9. The van der Waals surface area contributed by atoms with E-state index in [1.807, 2.05) is 6.92 Å². The summed E-state index contributed by atoms with van der Waals surface area (Å²) in [6, 6.07) is 13.7. The molecule has 0 bridgehead atoms. The third-order valence-electron chi connectivity index (χ3n) is 2.90. The molecule has 2 aromatic carbocycles. The average molecular weight is 356 g/mol. The Hall–Kier alpha value is -1.74. The van der Waals surface area contributed by atoms with Gasteiger partial charge in [-0.2, -0.15) is 16.8 Å². The summed E-state index contributed by atoms with van der Waals surface area (Å²) in [4.78, 5) is 0.00964. The van der Waals surface area contributed by atoms with Gasteiger partial charge in [0.1, 0.15) is 0 Å². The Morgan fingerprint density at radius 3 is 1.61 bits per heavy atom. The highest BCUT2D eigenvalue weighted by Gasteiger charge is 2.17. The first-order valence-corrected chi connectivity index (χ1v) is 9.53. The van der Waals surface area contributed by atoms with Crippen LogP contribution in [0.1, 0.15) is 5.56 Å². The van der Waals surface area contributed by atoms with E-state index in [1.165, 1.54) is 24.3 Å². The highest BCUT2D eigenvalue weighted by atomic mass is 32.2. The summed E-state index contributed by atoms with van der Waals surface area (Å²) in [6.45, 7) is 1.03. The van der Waals surface area contributed by atoms with Crippen LogP contribution in [0.15, 0.2) is 64.4 Å². The van der Waals surface area contributed by atoms with Crippen molar-refractivity contribution in [2.45, 2.75) is 16.7 Å². The summed E-state index contributed by atoms with van der Waals surface area (Å²) < 4.78 is 57.0. The molecule has 124 valence electrons. The summed E-state index contributed by atoms with van der Waals surface area (Å²) in [7, 11) is -7.86. The SMILES string of the molecule is Cc1ccc(S(=O)(=O)OCCOS(=O)(=O)c2ccccc2)cc1. The largest absolute Gasteiger partial charge is 0.297 e. The van der Waals surface area contributed by atoms with Crippen LogP contribution in [0.3, 0.4) is 0 Å². The molecule has 0 spiro atoms. The summed E-state index contributed by atoms with van der Waals surface area (Å²) >= 11 is 0. The average Bonchev–Trinajstić information content (AvgIpc) is 2.53. The van der Waals surface area contributed by atoms with Crippen molar-refractivity contribution in [2.24, 2.45) is 0 Å². The lowest BCUT2D eigenvalue weighted by Crippen LogP contribution is -2.15. The fraction of sp³-hybridized carbons (Fsp3) is 0.200. The number of aryl methyl sites for hydroxylation is 1. The minimum Gasteiger partial charge on any atom is -0.264 e. The number of benzene rings is 2. The smallest absolute Gasteiger partial charge is 0.264 e.